The fourth-order valence-electron chi connectivity index (χ4n) is 8.23. The molecular formula is C54H34O2. The summed E-state index contributed by atoms with van der Waals surface area (Å²) in [6.45, 7) is 0. The Morgan fingerprint density at radius 2 is 0.571 bits per heavy atom. The van der Waals surface area contributed by atoms with E-state index in [0.29, 0.717) is 0 Å². The molecule has 0 amide bonds. The number of rotatable bonds is 6. The molecule has 0 aliphatic carbocycles. The second kappa shape index (κ2) is 13.2. The van der Waals surface area contributed by atoms with Gasteiger partial charge in [-0.2, -0.15) is 0 Å². The number of benzene rings is 9. The fourth-order valence-corrected chi connectivity index (χ4v) is 8.23. The van der Waals surface area contributed by atoms with Crippen molar-refractivity contribution in [1.82, 2.24) is 0 Å². The SMILES string of the molecule is c1ccc(-c2cc(-c3ccccc3)cc(-c3ccc4oc5c(ccc6oc7ccc(-c8cc(-c9ccccc9)cc(-c9ccccc9)c8)cc7c65)c4c3)c2)cc1. The van der Waals surface area contributed by atoms with E-state index in [1.54, 1.807) is 0 Å². The molecule has 0 saturated heterocycles. The van der Waals surface area contributed by atoms with Crippen LogP contribution in [-0.4, -0.2) is 0 Å². The molecule has 0 fully saturated rings. The van der Waals surface area contributed by atoms with E-state index in [2.05, 4.69) is 206 Å². The molecule has 2 aromatic heterocycles. The van der Waals surface area contributed by atoms with Gasteiger partial charge in [0.2, 0.25) is 0 Å². The van der Waals surface area contributed by atoms with Crippen molar-refractivity contribution < 1.29 is 8.83 Å². The van der Waals surface area contributed by atoms with Gasteiger partial charge in [-0.1, -0.05) is 133 Å². The summed E-state index contributed by atoms with van der Waals surface area (Å²) >= 11 is 0. The minimum atomic E-state index is 0.815. The summed E-state index contributed by atoms with van der Waals surface area (Å²) in [7, 11) is 0. The van der Waals surface area contributed by atoms with Gasteiger partial charge >= 0.3 is 0 Å². The standard InChI is InChI=1S/C54H34O2/c1-5-13-35(14-6-1)41-27-42(36-15-7-2-8-16-36)30-45(29-41)39-21-24-50-48(33-39)47-23-26-52-53(54(47)56-50)49-34-40(22-25-51(49)55-52)46-31-43(37-17-9-3-10-18-37)28-44(32-46)38-19-11-4-12-20-38/h1-34H. The Bertz CT molecular complexity index is 3090. The highest BCUT2D eigenvalue weighted by molar-refractivity contribution is 6.22. The average molecular weight is 715 g/mol. The molecule has 262 valence electrons. The van der Waals surface area contributed by atoms with E-state index in [4.69, 9.17) is 8.83 Å². The lowest BCUT2D eigenvalue weighted by Gasteiger charge is -2.11. The van der Waals surface area contributed by atoms with Gasteiger partial charge in [0.1, 0.15) is 22.3 Å². The van der Waals surface area contributed by atoms with Crippen molar-refractivity contribution in [1.29, 1.82) is 0 Å². The lowest BCUT2D eigenvalue weighted by molar-refractivity contribution is 0.663. The van der Waals surface area contributed by atoms with Crippen LogP contribution in [0.5, 0.6) is 0 Å². The summed E-state index contributed by atoms with van der Waals surface area (Å²) in [5, 5.41) is 4.19. The van der Waals surface area contributed by atoms with Gasteiger partial charge in [0.15, 0.2) is 0 Å². The maximum absolute atomic E-state index is 6.75. The van der Waals surface area contributed by atoms with Crippen LogP contribution in [-0.2, 0) is 0 Å². The van der Waals surface area contributed by atoms with Gasteiger partial charge in [-0.25, -0.2) is 0 Å². The van der Waals surface area contributed by atoms with Crippen LogP contribution >= 0.6 is 0 Å². The molecule has 0 spiro atoms. The van der Waals surface area contributed by atoms with Crippen molar-refractivity contribution in [3.8, 4) is 66.8 Å². The Morgan fingerprint density at radius 1 is 0.214 bits per heavy atom. The Kier molecular flexibility index (Phi) is 7.53. The maximum Gasteiger partial charge on any atom is 0.147 e. The molecule has 0 atom stereocenters. The van der Waals surface area contributed by atoms with Crippen molar-refractivity contribution in [2.45, 2.75) is 0 Å². The molecule has 11 rings (SSSR count). The average Bonchev–Trinajstić information content (AvgIpc) is 3.85. The Morgan fingerprint density at radius 3 is 1.00 bits per heavy atom. The predicted molar refractivity (Wildman–Crippen MR) is 234 cm³/mol. The van der Waals surface area contributed by atoms with Gasteiger partial charge in [0.05, 0.1) is 5.39 Å². The van der Waals surface area contributed by atoms with Gasteiger partial charge in [-0.3, -0.25) is 0 Å². The van der Waals surface area contributed by atoms with E-state index < -0.39 is 0 Å². The zero-order valence-corrected chi connectivity index (χ0v) is 30.4. The third-order valence-corrected chi connectivity index (χ3v) is 11.0. The Hall–Kier alpha value is -7.42. The van der Waals surface area contributed by atoms with E-state index in [-0.39, 0.29) is 0 Å². The Labute approximate surface area is 324 Å². The molecule has 2 nitrogen and oxygen atoms in total. The predicted octanol–water partition coefficient (Wildman–Crippen LogP) is 15.5. The van der Waals surface area contributed by atoms with Gasteiger partial charge < -0.3 is 8.83 Å². The lowest BCUT2D eigenvalue weighted by atomic mass is 9.92. The molecule has 2 heteroatoms. The first-order valence-corrected chi connectivity index (χ1v) is 19.1. The summed E-state index contributed by atoms with van der Waals surface area (Å²) in [6.07, 6.45) is 0. The second-order valence-electron chi connectivity index (χ2n) is 14.5. The monoisotopic (exact) mass is 714 g/mol. The highest BCUT2D eigenvalue weighted by Crippen LogP contribution is 2.43. The Balaban J connectivity index is 1.07. The van der Waals surface area contributed by atoms with Gasteiger partial charge in [-0.15, -0.1) is 0 Å². The molecule has 2 heterocycles. The van der Waals surface area contributed by atoms with Gasteiger partial charge in [-0.05, 0) is 140 Å². The first kappa shape index (κ1) is 32.0. The molecular weight excluding hydrogens is 681 g/mol. The minimum Gasteiger partial charge on any atom is -0.456 e. The summed E-state index contributed by atoms with van der Waals surface area (Å²) in [5.41, 5.74) is 17.4. The van der Waals surface area contributed by atoms with Crippen LogP contribution in [0, 0.1) is 0 Å². The normalized spacial score (nSPS) is 11.6. The number of fused-ring (bicyclic) bond motifs is 7. The molecule has 0 aliphatic heterocycles. The molecule has 0 unspecified atom stereocenters. The quantitative estimate of drug-likeness (QED) is 0.171. The third kappa shape index (κ3) is 5.59. The van der Waals surface area contributed by atoms with Crippen molar-refractivity contribution in [3.05, 3.63) is 206 Å². The van der Waals surface area contributed by atoms with Crippen LogP contribution in [0.15, 0.2) is 215 Å². The lowest BCUT2D eigenvalue weighted by Crippen LogP contribution is -1.86. The smallest absolute Gasteiger partial charge is 0.147 e. The highest BCUT2D eigenvalue weighted by Gasteiger charge is 2.18. The topological polar surface area (TPSA) is 26.3 Å². The highest BCUT2D eigenvalue weighted by atomic mass is 16.3. The largest absolute Gasteiger partial charge is 0.456 e. The fraction of sp³-hybridized carbons (Fsp3) is 0. The van der Waals surface area contributed by atoms with Gasteiger partial charge in [0, 0.05) is 16.2 Å². The van der Waals surface area contributed by atoms with Crippen LogP contribution in [0.2, 0.25) is 0 Å². The van der Waals surface area contributed by atoms with E-state index >= 15 is 0 Å². The first-order valence-electron chi connectivity index (χ1n) is 19.1. The van der Waals surface area contributed by atoms with Crippen LogP contribution in [0.3, 0.4) is 0 Å². The molecule has 0 radical (unpaired) electrons. The summed E-state index contributed by atoms with van der Waals surface area (Å²) in [5.74, 6) is 0. The molecule has 11 aromatic rings. The van der Waals surface area contributed by atoms with Gasteiger partial charge in [0.25, 0.3) is 0 Å². The summed E-state index contributed by atoms with van der Waals surface area (Å²) < 4.78 is 13.2. The van der Waals surface area contributed by atoms with E-state index in [0.717, 1.165) is 66.1 Å². The molecule has 0 N–H and O–H groups in total. The van der Waals surface area contributed by atoms with Crippen LogP contribution in [0.4, 0.5) is 0 Å². The minimum absolute atomic E-state index is 0.815. The second-order valence-corrected chi connectivity index (χ2v) is 14.5. The molecule has 56 heavy (non-hydrogen) atoms. The number of hydrogen-bond donors (Lipinski definition) is 0. The van der Waals surface area contributed by atoms with E-state index in [1.807, 2.05) is 0 Å². The zero-order valence-electron chi connectivity index (χ0n) is 30.4. The molecule has 9 aromatic carbocycles. The van der Waals surface area contributed by atoms with Crippen molar-refractivity contribution in [3.63, 3.8) is 0 Å². The summed E-state index contributed by atoms with van der Waals surface area (Å²) in [6, 6.07) is 73.5. The van der Waals surface area contributed by atoms with Crippen molar-refractivity contribution in [2.24, 2.45) is 0 Å². The molecule has 0 saturated carbocycles. The third-order valence-electron chi connectivity index (χ3n) is 11.0. The van der Waals surface area contributed by atoms with Crippen LogP contribution in [0.1, 0.15) is 0 Å². The maximum atomic E-state index is 6.75. The summed E-state index contributed by atoms with van der Waals surface area (Å²) in [4.78, 5) is 0. The van der Waals surface area contributed by atoms with Crippen molar-refractivity contribution >= 4 is 43.9 Å². The van der Waals surface area contributed by atoms with Crippen LogP contribution in [0.25, 0.3) is 111 Å². The van der Waals surface area contributed by atoms with Crippen molar-refractivity contribution in [2.75, 3.05) is 0 Å². The molecule has 0 bridgehead atoms. The van der Waals surface area contributed by atoms with E-state index in [9.17, 15) is 0 Å². The zero-order chi connectivity index (χ0) is 37.0. The number of furan rings is 2. The van der Waals surface area contributed by atoms with E-state index in [1.165, 1.54) is 44.5 Å². The van der Waals surface area contributed by atoms with Crippen LogP contribution < -0.4 is 0 Å². The molecule has 0 aliphatic rings. The first-order chi connectivity index (χ1) is 27.7. The number of hydrogen-bond acceptors (Lipinski definition) is 2.